The van der Waals surface area contributed by atoms with Crippen LogP contribution in [0.15, 0.2) is 21.7 Å². The van der Waals surface area contributed by atoms with Gasteiger partial charge < -0.3 is 9.72 Å². The predicted octanol–water partition coefficient (Wildman–Crippen LogP) is -0.602. The number of aromatic nitrogens is 3. The predicted molar refractivity (Wildman–Crippen MR) is 54.3 cm³/mol. The lowest BCUT2D eigenvalue weighted by Crippen LogP contribution is -2.23. The molecule has 0 atom stereocenters. The molecule has 0 bridgehead atoms. The Hall–Kier alpha value is -2.44. The summed E-state index contributed by atoms with van der Waals surface area (Å²) in [6.45, 7) is 0. The van der Waals surface area contributed by atoms with E-state index in [1.165, 1.54) is 19.2 Å². The molecule has 7 nitrogen and oxygen atoms in total. The fourth-order valence-corrected chi connectivity index (χ4v) is 1.27. The Morgan fingerprint density at radius 1 is 1.31 bits per heavy atom. The van der Waals surface area contributed by atoms with Gasteiger partial charge in [0.2, 0.25) is 0 Å². The van der Waals surface area contributed by atoms with Crippen LogP contribution in [-0.4, -0.2) is 28.0 Å². The molecule has 0 saturated carbocycles. The molecule has 0 aliphatic heterocycles. The van der Waals surface area contributed by atoms with E-state index in [9.17, 15) is 14.4 Å². The number of carbonyl (C=O) groups excluding carboxylic acids is 1. The number of ether oxygens (including phenoxy) is 1. The maximum atomic E-state index is 11.4. The molecule has 2 aromatic rings. The summed E-state index contributed by atoms with van der Waals surface area (Å²) >= 11 is 0. The van der Waals surface area contributed by atoms with Gasteiger partial charge in [-0.2, -0.15) is 0 Å². The monoisotopic (exact) mass is 221 g/mol. The minimum absolute atomic E-state index is 0.00699. The van der Waals surface area contributed by atoms with E-state index in [0.29, 0.717) is 0 Å². The number of carbonyl (C=O) groups is 1. The Kier molecular flexibility index (Phi) is 2.28. The van der Waals surface area contributed by atoms with Gasteiger partial charge in [0.15, 0.2) is 5.52 Å². The molecular formula is C9H7N3O4. The lowest BCUT2D eigenvalue weighted by Gasteiger charge is -1.99. The SMILES string of the molecule is COC(=O)c1ccc2[nH]c(=O)[nH]c(=O)c2n1. The number of nitrogens with one attached hydrogen (secondary N) is 2. The highest BCUT2D eigenvalue weighted by Gasteiger charge is 2.09. The first kappa shape index (κ1) is 10.1. The molecule has 0 spiro atoms. The van der Waals surface area contributed by atoms with E-state index >= 15 is 0 Å². The molecule has 0 aromatic carbocycles. The minimum atomic E-state index is -0.649. The fraction of sp³-hybridized carbons (Fsp3) is 0.111. The van der Waals surface area contributed by atoms with Crippen molar-refractivity contribution in [3.8, 4) is 0 Å². The second-order valence-electron chi connectivity index (χ2n) is 2.99. The van der Waals surface area contributed by atoms with Crippen LogP contribution < -0.4 is 11.2 Å². The highest BCUT2D eigenvalue weighted by molar-refractivity contribution is 5.89. The Morgan fingerprint density at radius 3 is 2.75 bits per heavy atom. The molecule has 2 heterocycles. The van der Waals surface area contributed by atoms with Crippen molar-refractivity contribution in [3.05, 3.63) is 38.7 Å². The van der Waals surface area contributed by atoms with E-state index < -0.39 is 17.2 Å². The van der Waals surface area contributed by atoms with Gasteiger partial charge in [0.1, 0.15) is 5.69 Å². The lowest BCUT2D eigenvalue weighted by molar-refractivity contribution is 0.0594. The summed E-state index contributed by atoms with van der Waals surface area (Å²) < 4.78 is 4.46. The molecule has 0 radical (unpaired) electrons. The van der Waals surface area contributed by atoms with Crippen molar-refractivity contribution in [2.75, 3.05) is 7.11 Å². The average molecular weight is 221 g/mol. The zero-order valence-corrected chi connectivity index (χ0v) is 8.23. The van der Waals surface area contributed by atoms with Gasteiger partial charge in [0, 0.05) is 0 Å². The molecule has 0 saturated heterocycles. The van der Waals surface area contributed by atoms with E-state index in [-0.39, 0.29) is 16.7 Å². The van der Waals surface area contributed by atoms with Crippen LogP contribution in [0, 0.1) is 0 Å². The number of pyridine rings is 1. The second kappa shape index (κ2) is 3.61. The number of rotatable bonds is 1. The number of methoxy groups -OCH3 is 1. The zero-order chi connectivity index (χ0) is 11.7. The number of hydrogen-bond donors (Lipinski definition) is 2. The maximum Gasteiger partial charge on any atom is 0.356 e. The first-order valence-corrected chi connectivity index (χ1v) is 4.33. The number of nitrogens with zero attached hydrogens (tertiary/aromatic N) is 1. The molecule has 0 aliphatic rings. The van der Waals surface area contributed by atoms with E-state index in [0.717, 1.165) is 0 Å². The highest BCUT2D eigenvalue weighted by atomic mass is 16.5. The molecule has 2 aromatic heterocycles. The van der Waals surface area contributed by atoms with Gasteiger partial charge >= 0.3 is 11.7 Å². The van der Waals surface area contributed by atoms with Crippen LogP contribution in [0.2, 0.25) is 0 Å². The standard InChI is InChI=1S/C9H7N3O4/c1-16-8(14)5-3-2-4-6(10-5)7(13)12-9(15)11-4/h2-3H,1H3,(H2,11,12,13,15). The zero-order valence-electron chi connectivity index (χ0n) is 8.23. The first-order chi connectivity index (χ1) is 7.61. The largest absolute Gasteiger partial charge is 0.464 e. The summed E-state index contributed by atoms with van der Waals surface area (Å²) in [5.74, 6) is -0.646. The molecule has 2 N–H and O–H groups in total. The summed E-state index contributed by atoms with van der Waals surface area (Å²) in [5.41, 5.74) is -1.01. The van der Waals surface area contributed by atoms with Gasteiger partial charge in [0.25, 0.3) is 5.56 Å². The number of H-pyrrole nitrogens is 2. The summed E-state index contributed by atoms with van der Waals surface area (Å²) in [5, 5.41) is 0. The Morgan fingerprint density at radius 2 is 2.06 bits per heavy atom. The van der Waals surface area contributed by atoms with Crippen molar-refractivity contribution in [2.24, 2.45) is 0 Å². The molecule has 2 rings (SSSR count). The van der Waals surface area contributed by atoms with E-state index in [2.05, 4.69) is 14.7 Å². The van der Waals surface area contributed by atoms with Crippen LogP contribution >= 0.6 is 0 Å². The van der Waals surface area contributed by atoms with Crippen molar-refractivity contribution in [1.29, 1.82) is 0 Å². The summed E-state index contributed by atoms with van der Waals surface area (Å²) in [7, 11) is 1.21. The van der Waals surface area contributed by atoms with Gasteiger partial charge in [-0.15, -0.1) is 0 Å². The molecule has 0 fully saturated rings. The van der Waals surface area contributed by atoms with E-state index in [1.54, 1.807) is 0 Å². The normalized spacial score (nSPS) is 10.3. The molecule has 82 valence electrons. The number of fused-ring (bicyclic) bond motifs is 1. The first-order valence-electron chi connectivity index (χ1n) is 4.33. The van der Waals surface area contributed by atoms with Gasteiger partial charge in [-0.1, -0.05) is 0 Å². The molecule has 0 aliphatic carbocycles. The Balaban J connectivity index is 2.76. The fourth-order valence-electron chi connectivity index (χ4n) is 1.27. The number of esters is 1. The van der Waals surface area contributed by atoms with E-state index in [1.807, 2.05) is 4.98 Å². The number of hydrogen-bond acceptors (Lipinski definition) is 5. The Bertz CT molecular complexity index is 670. The van der Waals surface area contributed by atoms with Crippen molar-refractivity contribution >= 4 is 17.0 Å². The van der Waals surface area contributed by atoms with Gasteiger partial charge in [-0.25, -0.2) is 14.6 Å². The van der Waals surface area contributed by atoms with Crippen LogP contribution in [0.3, 0.4) is 0 Å². The third-order valence-corrected chi connectivity index (χ3v) is 1.98. The molecule has 0 amide bonds. The average Bonchev–Trinajstić information content (AvgIpc) is 2.27. The summed E-state index contributed by atoms with van der Waals surface area (Å²) in [6.07, 6.45) is 0. The van der Waals surface area contributed by atoms with Crippen molar-refractivity contribution in [1.82, 2.24) is 15.0 Å². The highest BCUT2D eigenvalue weighted by Crippen LogP contribution is 2.04. The van der Waals surface area contributed by atoms with Crippen LogP contribution in [0.4, 0.5) is 0 Å². The molecule has 7 heteroatoms. The van der Waals surface area contributed by atoms with E-state index in [4.69, 9.17) is 0 Å². The van der Waals surface area contributed by atoms with Crippen molar-refractivity contribution in [3.63, 3.8) is 0 Å². The minimum Gasteiger partial charge on any atom is -0.464 e. The topological polar surface area (TPSA) is 105 Å². The van der Waals surface area contributed by atoms with Crippen LogP contribution in [-0.2, 0) is 4.74 Å². The quantitative estimate of drug-likeness (QED) is 0.625. The van der Waals surface area contributed by atoms with Crippen LogP contribution in [0.25, 0.3) is 11.0 Å². The summed E-state index contributed by atoms with van der Waals surface area (Å²) in [6, 6.07) is 2.79. The second-order valence-corrected chi connectivity index (χ2v) is 2.99. The van der Waals surface area contributed by atoms with Gasteiger partial charge in [-0.05, 0) is 12.1 Å². The molecule has 16 heavy (non-hydrogen) atoms. The van der Waals surface area contributed by atoms with Crippen molar-refractivity contribution in [2.45, 2.75) is 0 Å². The third-order valence-electron chi connectivity index (χ3n) is 1.98. The third kappa shape index (κ3) is 1.58. The van der Waals surface area contributed by atoms with Crippen molar-refractivity contribution < 1.29 is 9.53 Å². The van der Waals surface area contributed by atoms with Crippen LogP contribution in [0.5, 0.6) is 0 Å². The smallest absolute Gasteiger partial charge is 0.356 e. The summed E-state index contributed by atoms with van der Waals surface area (Å²) in [4.78, 5) is 41.7. The van der Waals surface area contributed by atoms with Gasteiger partial charge in [-0.3, -0.25) is 9.78 Å². The van der Waals surface area contributed by atoms with Crippen LogP contribution in [0.1, 0.15) is 10.5 Å². The Labute approximate surface area is 88.1 Å². The number of aromatic amines is 2. The molecular weight excluding hydrogens is 214 g/mol. The van der Waals surface area contributed by atoms with Gasteiger partial charge in [0.05, 0.1) is 12.6 Å². The lowest BCUT2D eigenvalue weighted by atomic mass is 10.3. The molecule has 0 unspecified atom stereocenters. The maximum absolute atomic E-state index is 11.4.